The van der Waals surface area contributed by atoms with Crippen molar-refractivity contribution in [3.8, 4) is 5.75 Å². The van der Waals surface area contributed by atoms with Crippen molar-refractivity contribution in [1.29, 1.82) is 0 Å². The molecule has 10 nitrogen and oxygen atoms in total. The number of fused-ring (bicyclic) bond motifs is 2. The Bertz CT molecular complexity index is 1300. The first-order chi connectivity index (χ1) is 15.9. The molecule has 0 saturated heterocycles. The number of aromatic nitrogens is 2. The molecule has 0 fully saturated rings. The second kappa shape index (κ2) is 9.11. The van der Waals surface area contributed by atoms with E-state index in [-0.39, 0.29) is 30.1 Å². The summed E-state index contributed by atoms with van der Waals surface area (Å²) in [5.41, 5.74) is 5.02. The van der Waals surface area contributed by atoms with Crippen molar-refractivity contribution in [2.24, 2.45) is 0 Å². The predicted molar refractivity (Wildman–Crippen MR) is 121 cm³/mol. The third-order valence-corrected chi connectivity index (χ3v) is 5.33. The Morgan fingerprint density at radius 2 is 1.73 bits per heavy atom. The Kier molecular flexibility index (Phi) is 6.07. The van der Waals surface area contributed by atoms with Gasteiger partial charge in [-0.3, -0.25) is 30.0 Å². The highest BCUT2D eigenvalue weighted by molar-refractivity contribution is 6.05. The molecule has 0 spiro atoms. The standard InChI is InChI=1S/C23H23N5O5/c1-3-28-23(32)16-9-5-4-8-15(16)20(26-28)21(30)25-24-19(29)12-13-27-17-10-6-7-11-18(17)33-14(2)22(27)31/h4-11,14H,3,12-13H2,1-2H3,(H,24,29)(H,25,30). The van der Waals surface area contributed by atoms with Gasteiger partial charge in [-0.1, -0.05) is 30.3 Å². The lowest BCUT2D eigenvalue weighted by molar-refractivity contribution is -0.125. The number of aryl methyl sites for hydroxylation is 1. The van der Waals surface area contributed by atoms with Gasteiger partial charge in [0.2, 0.25) is 5.91 Å². The Balaban J connectivity index is 1.43. The highest BCUT2D eigenvalue weighted by Gasteiger charge is 2.31. The zero-order valence-corrected chi connectivity index (χ0v) is 18.2. The number of anilines is 1. The first-order valence-electron chi connectivity index (χ1n) is 10.6. The largest absolute Gasteiger partial charge is 0.479 e. The van der Waals surface area contributed by atoms with Crippen molar-refractivity contribution in [2.45, 2.75) is 32.9 Å². The fourth-order valence-corrected chi connectivity index (χ4v) is 3.67. The van der Waals surface area contributed by atoms with E-state index in [1.807, 2.05) is 0 Å². The van der Waals surface area contributed by atoms with Gasteiger partial charge in [0.15, 0.2) is 11.8 Å². The van der Waals surface area contributed by atoms with E-state index < -0.39 is 17.9 Å². The average Bonchev–Trinajstić information content (AvgIpc) is 2.83. The summed E-state index contributed by atoms with van der Waals surface area (Å²) in [4.78, 5) is 51.6. The fourth-order valence-electron chi connectivity index (χ4n) is 3.67. The quantitative estimate of drug-likeness (QED) is 0.568. The topological polar surface area (TPSA) is 123 Å². The van der Waals surface area contributed by atoms with Crippen LogP contribution in [0.5, 0.6) is 5.75 Å². The number of carbonyl (C=O) groups excluding carboxylic acids is 3. The van der Waals surface area contributed by atoms with Crippen molar-refractivity contribution in [3.63, 3.8) is 0 Å². The number of carbonyl (C=O) groups is 3. The molecule has 170 valence electrons. The van der Waals surface area contributed by atoms with Crippen molar-refractivity contribution < 1.29 is 19.1 Å². The number of hydrazine groups is 1. The van der Waals surface area contributed by atoms with E-state index in [9.17, 15) is 19.2 Å². The summed E-state index contributed by atoms with van der Waals surface area (Å²) in [5.74, 6) is -0.811. The van der Waals surface area contributed by atoms with Gasteiger partial charge in [0.05, 0.1) is 11.1 Å². The summed E-state index contributed by atoms with van der Waals surface area (Å²) >= 11 is 0. The van der Waals surface area contributed by atoms with Gasteiger partial charge in [-0.25, -0.2) is 4.68 Å². The van der Waals surface area contributed by atoms with Crippen LogP contribution in [0, 0.1) is 0 Å². The number of nitrogens with one attached hydrogen (secondary N) is 2. The number of para-hydroxylation sites is 2. The molecule has 2 heterocycles. The highest BCUT2D eigenvalue weighted by Crippen LogP contribution is 2.33. The molecule has 1 aromatic heterocycles. The van der Waals surface area contributed by atoms with Crippen LogP contribution in [0.3, 0.4) is 0 Å². The maximum atomic E-state index is 12.7. The summed E-state index contributed by atoms with van der Waals surface area (Å²) in [6.07, 6.45) is -0.702. The molecule has 3 aromatic rings. The molecule has 1 aliphatic rings. The lowest BCUT2D eigenvalue weighted by Gasteiger charge is -2.32. The SMILES string of the molecule is CCn1nc(C(=O)NNC(=O)CCN2C(=O)C(C)Oc3ccccc32)c2ccccc2c1=O. The molecule has 2 N–H and O–H groups in total. The molecule has 0 bridgehead atoms. The van der Waals surface area contributed by atoms with Crippen LogP contribution in [0.25, 0.3) is 10.8 Å². The first kappa shape index (κ1) is 22.0. The van der Waals surface area contributed by atoms with Gasteiger partial charge in [-0.05, 0) is 32.0 Å². The van der Waals surface area contributed by atoms with Crippen molar-refractivity contribution in [2.75, 3.05) is 11.4 Å². The van der Waals surface area contributed by atoms with Gasteiger partial charge in [0, 0.05) is 24.9 Å². The third kappa shape index (κ3) is 4.27. The Hall–Kier alpha value is -4.21. The van der Waals surface area contributed by atoms with E-state index in [2.05, 4.69) is 16.0 Å². The van der Waals surface area contributed by atoms with E-state index in [1.165, 1.54) is 9.58 Å². The van der Waals surface area contributed by atoms with Gasteiger partial charge in [-0.15, -0.1) is 0 Å². The number of amides is 3. The number of rotatable bonds is 5. The molecule has 33 heavy (non-hydrogen) atoms. The minimum absolute atomic E-state index is 0.0264. The number of ether oxygens (including phenoxy) is 1. The zero-order valence-electron chi connectivity index (χ0n) is 18.2. The van der Waals surface area contributed by atoms with E-state index in [1.54, 1.807) is 62.4 Å². The second-order valence-corrected chi connectivity index (χ2v) is 7.49. The van der Waals surface area contributed by atoms with Crippen molar-refractivity contribution in [3.05, 3.63) is 64.6 Å². The molecule has 3 amide bonds. The Morgan fingerprint density at radius 3 is 2.48 bits per heavy atom. The lowest BCUT2D eigenvalue weighted by Crippen LogP contribution is -2.47. The van der Waals surface area contributed by atoms with Crippen LogP contribution in [0.1, 0.15) is 30.8 Å². The molecule has 2 aromatic carbocycles. The van der Waals surface area contributed by atoms with E-state index in [4.69, 9.17) is 4.74 Å². The summed E-state index contributed by atoms with van der Waals surface area (Å²) in [5, 5.41) is 4.89. The summed E-state index contributed by atoms with van der Waals surface area (Å²) in [6, 6.07) is 13.8. The van der Waals surface area contributed by atoms with Gasteiger partial charge in [0.25, 0.3) is 17.4 Å². The van der Waals surface area contributed by atoms with Gasteiger partial charge >= 0.3 is 0 Å². The van der Waals surface area contributed by atoms with Crippen molar-refractivity contribution in [1.82, 2.24) is 20.6 Å². The average molecular weight is 449 g/mol. The molecular weight excluding hydrogens is 426 g/mol. The van der Waals surface area contributed by atoms with Gasteiger partial charge in [0.1, 0.15) is 5.75 Å². The summed E-state index contributed by atoms with van der Waals surface area (Å²) in [6.45, 7) is 3.81. The van der Waals surface area contributed by atoms with Gasteiger partial charge < -0.3 is 9.64 Å². The Labute approximate surface area is 189 Å². The van der Waals surface area contributed by atoms with Crippen LogP contribution in [-0.2, 0) is 16.1 Å². The molecule has 10 heteroatoms. The third-order valence-electron chi connectivity index (χ3n) is 5.33. The summed E-state index contributed by atoms with van der Waals surface area (Å²) in [7, 11) is 0. The van der Waals surface area contributed by atoms with Crippen LogP contribution in [0.4, 0.5) is 5.69 Å². The Morgan fingerprint density at radius 1 is 1.03 bits per heavy atom. The number of benzene rings is 2. The highest BCUT2D eigenvalue weighted by atomic mass is 16.5. The second-order valence-electron chi connectivity index (χ2n) is 7.49. The van der Waals surface area contributed by atoms with E-state index >= 15 is 0 Å². The smallest absolute Gasteiger partial charge is 0.290 e. The summed E-state index contributed by atoms with van der Waals surface area (Å²) < 4.78 is 6.79. The molecular formula is C23H23N5O5. The van der Waals surface area contributed by atoms with Crippen LogP contribution < -0.4 is 26.0 Å². The van der Waals surface area contributed by atoms with Crippen LogP contribution >= 0.6 is 0 Å². The van der Waals surface area contributed by atoms with Crippen LogP contribution in [0.15, 0.2) is 53.3 Å². The fraction of sp³-hybridized carbons (Fsp3) is 0.261. The normalized spacial score (nSPS) is 15.0. The number of nitrogens with zero attached hydrogens (tertiary/aromatic N) is 3. The number of hydrogen-bond donors (Lipinski definition) is 2. The molecule has 1 unspecified atom stereocenters. The van der Waals surface area contributed by atoms with Crippen LogP contribution in [-0.4, -0.2) is 40.2 Å². The van der Waals surface area contributed by atoms with Crippen LogP contribution in [0.2, 0.25) is 0 Å². The minimum atomic E-state index is -0.656. The molecule has 0 saturated carbocycles. The lowest BCUT2D eigenvalue weighted by atomic mass is 10.1. The molecule has 1 aliphatic heterocycles. The maximum Gasteiger partial charge on any atom is 0.290 e. The molecule has 4 rings (SSSR count). The predicted octanol–water partition coefficient (Wildman–Crippen LogP) is 1.38. The zero-order chi connectivity index (χ0) is 23.5. The van der Waals surface area contributed by atoms with Crippen molar-refractivity contribution >= 4 is 34.2 Å². The molecule has 1 atom stereocenters. The van der Waals surface area contributed by atoms with Gasteiger partial charge in [-0.2, -0.15) is 5.10 Å². The first-order valence-corrected chi connectivity index (χ1v) is 10.6. The van der Waals surface area contributed by atoms with E-state index in [0.29, 0.717) is 28.8 Å². The molecule has 0 aliphatic carbocycles. The number of hydrogen-bond acceptors (Lipinski definition) is 6. The monoisotopic (exact) mass is 449 g/mol. The maximum absolute atomic E-state index is 12.7. The minimum Gasteiger partial charge on any atom is -0.479 e. The van der Waals surface area contributed by atoms with E-state index in [0.717, 1.165) is 0 Å². The molecule has 0 radical (unpaired) electrons.